The van der Waals surface area contributed by atoms with Gasteiger partial charge in [-0.3, -0.25) is 9.48 Å². The number of carbonyl (C=O) groups excluding carboxylic acids is 1. The summed E-state index contributed by atoms with van der Waals surface area (Å²) in [6, 6.07) is 2.44. The third kappa shape index (κ3) is 6.75. The van der Waals surface area contributed by atoms with Crippen LogP contribution in [-0.4, -0.2) is 72.1 Å². The van der Waals surface area contributed by atoms with Crippen LogP contribution in [0.3, 0.4) is 0 Å². The lowest BCUT2D eigenvalue weighted by molar-refractivity contribution is 0.0520. The Morgan fingerprint density at radius 2 is 2.15 bits per heavy atom. The van der Waals surface area contributed by atoms with Gasteiger partial charge in [-0.25, -0.2) is 0 Å². The highest BCUT2D eigenvalue weighted by Gasteiger charge is 2.23. The number of rotatable bonds is 7. The van der Waals surface area contributed by atoms with E-state index in [0.29, 0.717) is 11.7 Å². The third-order valence-electron chi connectivity index (χ3n) is 5.27. The standard InChI is InChI=1S/C19H33N5O2.ClH/c1-15(2)26-13-12-23-9-5-16(6-10-23)21-19(25)18-7-11-24(22-18)17-4-3-8-20-14-17;/h7,11,15-17,20H,3-6,8-10,12-14H2,1-2H3,(H,21,25);1H. The molecule has 2 aliphatic heterocycles. The van der Waals surface area contributed by atoms with Gasteiger partial charge in [0.15, 0.2) is 0 Å². The summed E-state index contributed by atoms with van der Waals surface area (Å²) in [5, 5.41) is 11.1. The molecule has 1 aromatic rings. The van der Waals surface area contributed by atoms with Crippen LogP contribution >= 0.6 is 12.4 Å². The summed E-state index contributed by atoms with van der Waals surface area (Å²) in [7, 11) is 0. The van der Waals surface area contributed by atoms with Gasteiger partial charge in [-0.15, -0.1) is 12.4 Å². The van der Waals surface area contributed by atoms with Gasteiger partial charge in [-0.1, -0.05) is 0 Å². The van der Waals surface area contributed by atoms with Crippen molar-refractivity contribution in [2.75, 3.05) is 39.3 Å². The molecule has 0 aromatic carbocycles. The number of nitrogens with zero attached hydrogens (tertiary/aromatic N) is 3. The maximum Gasteiger partial charge on any atom is 0.271 e. The fourth-order valence-electron chi connectivity index (χ4n) is 3.70. The zero-order valence-corrected chi connectivity index (χ0v) is 17.3. The zero-order valence-electron chi connectivity index (χ0n) is 16.5. The predicted molar refractivity (Wildman–Crippen MR) is 109 cm³/mol. The molecule has 3 rings (SSSR count). The van der Waals surface area contributed by atoms with Gasteiger partial charge in [0.25, 0.3) is 5.91 Å². The van der Waals surface area contributed by atoms with Crippen molar-refractivity contribution < 1.29 is 9.53 Å². The minimum absolute atomic E-state index is 0. The zero-order chi connectivity index (χ0) is 18.4. The van der Waals surface area contributed by atoms with Crippen molar-refractivity contribution in [1.29, 1.82) is 0 Å². The Balaban J connectivity index is 0.00000261. The molecule has 3 heterocycles. The Morgan fingerprint density at radius 1 is 1.37 bits per heavy atom. The van der Waals surface area contributed by atoms with E-state index in [2.05, 4.69) is 34.5 Å². The first kappa shape index (κ1) is 22.1. The van der Waals surface area contributed by atoms with Gasteiger partial charge in [0.1, 0.15) is 5.69 Å². The molecule has 2 saturated heterocycles. The van der Waals surface area contributed by atoms with Gasteiger partial charge < -0.3 is 20.3 Å². The number of likely N-dealkylation sites (tertiary alicyclic amines) is 1. The van der Waals surface area contributed by atoms with Crippen LogP contribution in [0.1, 0.15) is 56.1 Å². The Hall–Kier alpha value is -1.15. The van der Waals surface area contributed by atoms with Crippen LogP contribution in [0.2, 0.25) is 0 Å². The number of halogens is 1. The average Bonchev–Trinajstić information content (AvgIpc) is 3.14. The summed E-state index contributed by atoms with van der Waals surface area (Å²) < 4.78 is 7.56. The van der Waals surface area contributed by atoms with Gasteiger partial charge in [0.2, 0.25) is 0 Å². The Morgan fingerprint density at radius 3 is 2.81 bits per heavy atom. The van der Waals surface area contributed by atoms with Crippen LogP contribution in [0.15, 0.2) is 12.3 Å². The lowest BCUT2D eigenvalue weighted by Crippen LogP contribution is -2.45. The van der Waals surface area contributed by atoms with E-state index in [4.69, 9.17) is 4.74 Å². The van der Waals surface area contributed by atoms with E-state index < -0.39 is 0 Å². The molecule has 1 unspecified atom stereocenters. The first-order valence-corrected chi connectivity index (χ1v) is 10.0. The van der Waals surface area contributed by atoms with E-state index in [1.54, 1.807) is 0 Å². The van der Waals surface area contributed by atoms with Crippen LogP contribution in [0.5, 0.6) is 0 Å². The molecular formula is C19H34ClN5O2. The van der Waals surface area contributed by atoms with Crippen molar-refractivity contribution in [1.82, 2.24) is 25.3 Å². The largest absolute Gasteiger partial charge is 0.377 e. The molecule has 2 fully saturated rings. The number of nitrogens with one attached hydrogen (secondary N) is 2. The molecule has 0 bridgehead atoms. The number of carbonyl (C=O) groups is 1. The van der Waals surface area contributed by atoms with E-state index in [-0.39, 0.29) is 30.5 Å². The highest BCUT2D eigenvalue weighted by atomic mass is 35.5. The smallest absolute Gasteiger partial charge is 0.271 e. The third-order valence-corrected chi connectivity index (χ3v) is 5.27. The van der Waals surface area contributed by atoms with E-state index in [1.807, 2.05) is 16.9 Å². The molecule has 27 heavy (non-hydrogen) atoms. The van der Waals surface area contributed by atoms with Gasteiger partial charge in [-0.2, -0.15) is 5.10 Å². The average molecular weight is 400 g/mol. The van der Waals surface area contributed by atoms with Crippen LogP contribution in [0, 0.1) is 0 Å². The summed E-state index contributed by atoms with van der Waals surface area (Å²) in [6.07, 6.45) is 6.48. The summed E-state index contributed by atoms with van der Waals surface area (Å²) in [5.41, 5.74) is 0.531. The highest BCUT2D eigenvalue weighted by Crippen LogP contribution is 2.16. The Bertz CT molecular complexity index is 566. The van der Waals surface area contributed by atoms with Crippen LogP contribution in [0.4, 0.5) is 0 Å². The molecule has 0 radical (unpaired) electrons. The van der Waals surface area contributed by atoms with Gasteiger partial charge >= 0.3 is 0 Å². The van der Waals surface area contributed by atoms with Crippen molar-refractivity contribution in [2.45, 2.75) is 57.7 Å². The molecule has 0 spiro atoms. The van der Waals surface area contributed by atoms with Crippen molar-refractivity contribution in [3.05, 3.63) is 18.0 Å². The number of aromatic nitrogens is 2. The number of hydrogen-bond acceptors (Lipinski definition) is 5. The van der Waals surface area contributed by atoms with E-state index in [0.717, 1.165) is 65.0 Å². The molecule has 0 aliphatic carbocycles. The quantitative estimate of drug-likeness (QED) is 0.732. The van der Waals surface area contributed by atoms with Crippen molar-refractivity contribution in [3.63, 3.8) is 0 Å². The molecule has 2 N–H and O–H groups in total. The van der Waals surface area contributed by atoms with Crippen molar-refractivity contribution >= 4 is 18.3 Å². The van der Waals surface area contributed by atoms with E-state index in [1.165, 1.54) is 0 Å². The topological polar surface area (TPSA) is 71.4 Å². The van der Waals surface area contributed by atoms with Crippen LogP contribution in [0.25, 0.3) is 0 Å². The van der Waals surface area contributed by atoms with E-state index >= 15 is 0 Å². The summed E-state index contributed by atoms with van der Waals surface area (Å²) >= 11 is 0. The fraction of sp³-hybridized carbons (Fsp3) is 0.789. The van der Waals surface area contributed by atoms with Gasteiger partial charge in [-0.05, 0) is 52.1 Å². The van der Waals surface area contributed by atoms with Crippen LogP contribution in [-0.2, 0) is 4.74 Å². The Labute approximate surface area is 168 Å². The minimum atomic E-state index is -0.0471. The second-order valence-corrected chi connectivity index (χ2v) is 7.69. The molecular weight excluding hydrogens is 366 g/mol. The normalized spacial score (nSPS) is 21.8. The number of piperidine rings is 2. The minimum Gasteiger partial charge on any atom is -0.377 e. The predicted octanol–water partition coefficient (Wildman–Crippen LogP) is 1.85. The first-order valence-electron chi connectivity index (χ1n) is 10.0. The lowest BCUT2D eigenvalue weighted by atomic mass is 10.0. The molecule has 154 valence electrons. The number of hydrogen-bond donors (Lipinski definition) is 2. The monoisotopic (exact) mass is 399 g/mol. The van der Waals surface area contributed by atoms with Gasteiger partial charge in [0.05, 0.1) is 18.8 Å². The maximum atomic E-state index is 12.5. The second-order valence-electron chi connectivity index (χ2n) is 7.69. The number of ether oxygens (including phenoxy) is 1. The van der Waals surface area contributed by atoms with Crippen molar-refractivity contribution in [3.8, 4) is 0 Å². The fourth-order valence-corrected chi connectivity index (χ4v) is 3.70. The Kier molecular flexibility index (Phi) is 9.02. The van der Waals surface area contributed by atoms with Crippen LogP contribution < -0.4 is 10.6 Å². The first-order chi connectivity index (χ1) is 12.6. The second kappa shape index (κ2) is 11.0. The lowest BCUT2D eigenvalue weighted by Gasteiger charge is -2.32. The molecule has 1 amide bonds. The summed E-state index contributed by atoms with van der Waals surface area (Å²) in [5.74, 6) is -0.0471. The molecule has 1 aromatic heterocycles. The van der Waals surface area contributed by atoms with Crippen molar-refractivity contribution in [2.24, 2.45) is 0 Å². The highest BCUT2D eigenvalue weighted by molar-refractivity contribution is 5.92. The SMILES string of the molecule is CC(C)OCCN1CCC(NC(=O)c2ccn(C3CCCNC3)n2)CC1.Cl. The molecule has 2 aliphatic rings. The molecule has 8 heteroatoms. The summed E-state index contributed by atoms with van der Waals surface area (Å²) in [6.45, 7) is 9.90. The molecule has 1 atom stereocenters. The number of amides is 1. The van der Waals surface area contributed by atoms with E-state index in [9.17, 15) is 4.79 Å². The van der Waals surface area contributed by atoms with Gasteiger partial charge in [0, 0.05) is 38.4 Å². The maximum absolute atomic E-state index is 12.5. The summed E-state index contributed by atoms with van der Waals surface area (Å²) in [4.78, 5) is 14.9. The molecule has 7 nitrogen and oxygen atoms in total. The molecule has 0 saturated carbocycles.